The van der Waals surface area contributed by atoms with Gasteiger partial charge in [0, 0.05) is 23.9 Å². The average molecular weight is 264 g/mol. The van der Waals surface area contributed by atoms with Crippen LogP contribution in [0.1, 0.15) is 32.3 Å². The van der Waals surface area contributed by atoms with Crippen LogP contribution in [0.3, 0.4) is 0 Å². The largest absolute Gasteiger partial charge is 0.355 e. The molecule has 0 bridgehead atoms. The number of hydrogen-bond donors (Lipinski definition) is 2. The Morgan fingerprint density at radius 1 is 1.47 bits per heavy atom. The van der Waals surface area contributed by atoms with E-state index in [4.69, 9.17) is 5.73 Å². The first-order valence-corrected chi connectivity index (χ1v) is 6.68. The van der Waals surface area contributed by atoms with E-state index in [0.29, 0.717) is 6.54 Å². The van der Waals surface area contributed by atoms with Crippen LogP contribution in [0.2, 0.25) is 0 Å². The number of nitrogens with two attached hydrogens (primary N) is 1. The fraction of sp³-hybridized carbons (Fsp3) is 0.533. The molecule has 0 aliphatic heterocycles. The van der Waals surface area contributed by atoms with E-state index in [0.717, 1.165) is 18.4 Å². The molecule has 0 unspecified atom stereocenters. The lowest BCUT2D eigenvalue weighted by Gasteiger charge is -2.33. The molecular weight excluding hydrogens is 243 g/mol. The van der Waals surface area contributed by atoms with Gasteiger partial charge in [0.2, 0.25) is 5.91 Å². The summed E-state index contributed by atoms with van der Waals surface area (Å²) in [4.78, 5) is 11.9. The Morgan fingerprint density at radius 2 is 2.16 bits per heavy atom. The molecule has 1 saturated carbocycles. The van der Waals surface area contributed by atoms with Crippen molar-refractivity contribution in [1.29, 1.82) is 0 Å². The van der Waals surface area contributed by atoms with Crippen molar-refractivity contribution in [3.63, 3.8) is 0 Å². The van der Waals surface area contributed by atoms with Crippen LogP contribution in [-0.4, -0.2) is 18.5 Å². The molecule has 1 aliphatic rings. The Balaban J connectivity index is 1.92. The van der Waals surface area contributed by atoms with E-state index in [1.165, 1.54) is 12.1 Å². The van der Waals surface area contributed by atoms with Gasteiger partial charge in [-0.2, -0.15) is 0 Å². The van der Waals surface area contributed by atoms with Gasteiger partial charge in [-0.05, 0) is 30.5 Å². The fourth-order valence-corrected chi connectivity index (χ4v) is 2.34. The predicted octanol–water partition coefficient (Wildman–Crippen LogP) is 1.96. The molecule has 1 amide bonds. The maximum Gasteiger partial charge on any atom is 0.223 e. The standard InChI is InChI=1S/C15H21FN2O/c1-15(2,11-4-3-5-12(16)8-11)9-18-14(19)10-6-13(17)7-10/h3-5,8,10,13H,6-7,9,17H2,1-2H3,(H,18,19). The van der Waals surface area contributed by atoms with Gasteiger partial charge in [0.1, 0.15) is 5.82 Å². The van der Waals surface area contributed by atoms with Crippen LogP contribution in [0, 0.1) is 11.7 Å². The van der Waals surface area contributed by atoms with Crippen molar-refractivity contribution >= 4 is 5.91 Å². The van der Waals surface area contributed by atoms with Crippen molar-refractivity contribution in [2.45, 2.75) is 38.1 Å². The Kier molecular flexibility index (Phi) is 3.90. The Bertz CT molecular complexity index is 467. The molecule has 1 aromatic rings. The van der Waals surface area contributed by atoms with Gasteiger partial charge in [0.05, 0.1) is 0 Å². The van der Waals surface area contributed by atoms with Gasteiger partial charge >= 0.3 is 0 Å². The maximum absolute atomic E-state index is 13.2. The third-order valence-electron chi connectivity index (χ3n) is 3.86. The fourth-order valence-electron chi connectivity index (χ4n) is 2.34. The highest BCUT2D eigenvalue weighted by Gasteiger charge is 2.32. The summed E-state index contributed by atoms with van der Waals surface area (Å²) in [6.45, 7) is 4.49. The van der Waals surface area contributed by atoms with Gasteiger partial charge in [0.25, 0.3) is 0 Å². The number of carbonyl (C=O) groups is 1. The Labute approximate surface area is 113 Å². The minimum absolute atomic E-state index is 0.0540. The molecule has 0 atom stereocenters. The first kappa shape index (κ1) is 14.0. The molecular formula is C15H21FN2O. The van der Waals surface area contributed by atoms with Crippen LogP contribution in [0.15, 0.2) is 24.3 Å². The SMILES string of the molecule is CC(C)(CNC(=O)C1CC(N)C1)c1cccc(F)c1. The zero-order valence-electron chi connectivity index (χ0n) is 11.4. The second-order valence-electron chi connectivity index (χ2n) is 6.04. The Hall–Kier alpha value is -1.42. The van der Waals surface area contributed by atoms with Gasteiger partial charge in [-0.15, -0.1) is 0 Å². The van der Waals surface area contributed by atoms with Crippen molar-refractivity contribution in [2.75, 3.05) is 6.54 Å². The van der Waals surface area contributed by atoms with E-state index >= 15 is 0 Å². The monoisotopic (exact) mass is 264 g/mol. The Morgan fingerprint density at radius 3 is 2.74 bits per heavy atom. The highest BCUT2D eigenvalue weighted by Crippen LogP contribution is 2.27. The summed E-state index contributed by atoms with van der Waals surface area (Å²) in [7, 11) is 0. The molecule has 0 aromatic heterocycles. The summed E-state index contributed by atoms with van der Waals surface area (Å²) in [5.74, 6) is -0.133. The van der Waals surface area contributed by atoms with Gasteiger partial charge in [-0.25, -0.2) is 4.39 Å². The zero-order valence-corrected chi connectivity index (χ0v) is 11.4. The molecule has 4 heteroatoms. The van der Waals surface area contributed by atoms with E-state index < -0.39 is 0 Å². The van der Waals surface area contributed by atoms with E-state index in [1.807, 2.05) is 19.9 Å². The quantitative estimate of drug-likeness (QED) is 0.873. The number of nitrogens with one attached hydrogen (secondary N) is 1. The van der Waals surface area contributed by atoms with Crippen molar-refractivity contribution in [3.8, 4) is 0 Å². The van der Waals surface area contributed by atoms with Gasteiger partial charge in [-0.1, -0.05) is 26.0 Å². The van der Waals surface area contributed by atoms with Gasteiger partial charge in [0.15, 0.2) is 0 Å². The van der Waals surface area contributed by atoms with Gasteiger partial charge < -0.3 is 11.1 Å². The highest BCUT2D eigenvalue weighted by atomic mass is 19.1. The summed E-state index contributed by atoms with van der Waals surface area (Å²) >= 11 is 0. The molecule has 2 rings (SSSR count). The molecule has 104 valence electrons. The number of halogens is 1. The summed E-state index contributed by atoms with van der Waals surface area (Å²) < 4.78 is 13.2. The van der Waals surface area contributed by atoms with E-state index in [2.05, 4.69) is 5.32 Å². The van der Waals surface area contributed by atoms with Crippen LogP contribution in [0.5, 0.6) is 0 Å². The lowest BCUT2D eigenvalue weighted by molar-refractivity contribution is -0.128. The molecule has 1 fully saturated rings. The second kappa shape index (κ2) is 5.29. The van der Waals surface area contributed by atoms with E-state index in [-0.39, 0.29) is 29.1 Å². The molecule has 0 heterocycles. The minimum atomic E-state index is -0.288. The van der Waals surface area contributed by atoms with Gasteiger partial charge in [-0.3, -0.25) is 4.79 Å². The van der Waals surface area contributed by atoms with Crippen LogP contribution in [-0.2, 0) is 10.2 Å². The first-order valence-electron chi connectivity index (χ1n) is 6.68. The molecule has 1 aromatic carbocycles. The van der Waals surface area contributed by atoms with Crippen molar-refractivity contribution < 1.29 is 9.18 Å². The van der Waals surface area contributed by atoms with Crippen molar-refractivity contribution in [2.24, 2.45) is 11.7 Å². The third kappa shape index (κ3) is 3.32. The van der Waals surface area contributed by atoms with Crippen molar-refractivity contribution in [3.05, 3.63) is 35.6 Å². The minimum Gasteiger partial charge on any atom is -0.355 e. The molecule has 0 spiro atoms. The molecule has 0 saturated heterocycles. The smallest absolute Gasteiger partial charge is 0.223 e. The van der Waals surface area contributed by atoms with E-state index in [9.17, 15) is 9.18 Å². The number of hydrogen-bond acceptors (Lipinski definition) is 2. The normalized spacial score (nSPS) is 22.7. The molecule has 1 aliphatic carbocycles. The predicted molar refractivity (Wildman–Crippen MR) is 73.1 cm³/mol. The number of rotatable bonds is 4. The summed E-state index contributed by atoms with van der Waals surface area (Å²) in [5.41, 5.74) is 6.27. The topological polar surface area (TPSA) is 55.1 Å². The first-order chi connectivity index (χ1) is 8.88. The molecule has 3 N–H and O–H groups in total. The van der Waals surface area contributed by atoms with Crippen LogP contribution in [0.4, 0.5) is 4.39 Å². The van der Waals surface area contributed by atoms with Crippen LogP contribution < -0.4 is 11.1 Å². The number of amides is 1. The maximum atomic E-state index is 13.2. The average Bonchev–Trinajstić information content (AvgIpc) is 2.32. The lowest BCUT2D eigenvalue weighted by atomic mass is 9.79. The number of benzene rings is 1. The van der Waals surface area contributed by atoms with Crippen LogP contribution in [0.25, 0.3) is 0 Å². The zero-order chi connectivity index (χ0) is 14.0. The molecule has 19 heavy (non-hydrogen) atoms. The highest BCUT2D eigenvalue weighted by molar-refractivity contribution is 5.79. The third-order valence-corrected chi connectivity index (χ3v) is 3.86. The van der Waals surface area contributed by atoms with Crippen molar-refractivity contribution in [1.82, 2.24) is 5.32 Å². The summed E-state index contributed by atoms with van der Waals surface area (Å²) in [5, 5.41) is 2.95. The van der Waals surface area contributed by atoms with E-state index in [1.54, 1.807) is 6.07 Å². The summed E-state index contributed by atoms with van der Waals surface area (Å²) in [6.07, 6.45) is 1.54. The number of carbonyl (C=O) groups excluding carboxylic acids is 1. The summed E-state index contributed by atoms with van der Waals surface area (Å²) in [6, 6.07) is 6.69. The second-order valence-corrected chi connectivity index (χ2v) is 6.04. The lowest BCUT2D eigenvalue weighted by Crippen LogP contribution is -2.47. The van der Waals surface area contributed by atoms with Crippen LogP contribution >= 0.6 is 0 Å². The molecule has 3 nitrogen and oxygen atoms in total. The molecule has 0 radical (unpaired) electrons.